The summed E-state index contributed by atoms with van der Waals surface area (Å²) in [5.74, 6) is 0. The molecular formula is C13H18Cl2N2. The summed E-state index contributed by atoms with van der Waals surface area (Å²) in [5.41, 5.74) is 1.23. The standard InChI is InChI=1S/C13H18Cl2N2/c1-2-16-11-5-6-17(9-11)8-10-3-4-12(14)13(15)7-10/h3-4,7,11,16H,2,5-6,8-9H2,1H3. The summed E-state index contributed by atoms with van der Waals surface area (Å²) in [7, 11) is 0. The van der Waals surface area contributed by atoms with Crippen molar-refractivity contribution in [3.8, 4) is 0 Å². The monoisotopic (exact) mass is 272 g/mol. The third-order valence-electron chi connectivity index (χ3n) is 3.16. The highest BCUT2D eigenvalue weighted by Gasteiger charge is 2.21. The van der Waals surface area contributed by atoms with E-state index in [1.807, 2.05) is 12.1 Å². The fourth-order valence-electron chi connectivity index (χ4n) is 2.33. The molecule has 2 rings (SSSR count). The van der Waals surface area contributed by atoms with E-state index in [1.165, 1.54) is 12.0 Å². The highest BCUT2D eigenvalue weighted by Crippen LogP contribution is 2.24. The molecule has 0 aromatic heterocycles. The molecule has 17 heavy (non-hydrogen) atoms. The van der Waals surface area contributed by atoms with Crippen molar-refractivity contribution >= 4 is 23.2 Å². The van der Waals surface area contributed by atoms with Gasteiger partial charge in [-0.1, -0.05) is 36.2 Å². The molecule has 94 valence electrons. The largest absolute Gasteiger partial charge is 0.313 e. The van der Waals surface area contributed by atoms with E-state index in [9.17, 15) is 0 Å². The Hall–Kier alpha value is -0.280. The minimum Gasteiger partial charge on any atom is -0.313 e. The van der Waals surface area contributed by atoms with E-state index < -0.39 is 0 Å². The molecule has 1 N–H and O–H groups in total. The average Bonchev–Trinajstić information content (AvgIpc) is 2.72. The number of hydrogen-bond acceptors (Lipinski definition) is 2. The molecule has 0 saturated carbocycles. The molecule has 0 amide bonds. The lowest BCUT2D eigenvalue weighted by Gasteiger charge is -2.16. The van der Waals surface area contributed by atoms with E-state index in [0.717, 1.165) is 26.2 Å². The number of benzene rings is 1. The molecule has 1 aromatic carbocycles. The van der Waals surface area contributed by atoms with E-state index in [1.54, 1.807) is 0 Å². The van der Waals surface area contributed by atoms with Crippen LogP contribution in [0.2, 0.25) is 10.0 Å². The molecule has 0 bridgehead atoms. The van der Waals surface area contributed by atoms with Crippen LogP contribution >= 0.6 is 23.2 Å². The molecule has 0 radical (unpaired) electrons. The van der Waals surface area contributed by atoms with Gasteiger partial charge in [-0.25, -0.2) is 0 Å². The first-order chi connectivity index (χ1) is 8.19. The van der Waals surface area contributed by atoms with Crippen molar-refractivity contribution in [3.63, 3.8) is 0 Å². The van der Waals surface area contributed by atoms with Crippen molar-refractivity contribution in [2.24, 2.45) is 0 Å². The molecule has 1 unspecified atom stereocenters. The maximum atomic E-state index is 6.01. The predicted molar refractivity (Wildman–Crippen MR) is 73.8 cm³/mol. The van der Waals surface area contributed by atoms with Gasteiger partial charge in [0, 0.05) is 25.7 Å². The Kier molecular flexibility index (Phi) is 4.69. The highest BCUT2D eigenvalue weighted by atomic mass is 35.5. The Morgan fingerprint density at radius 1 is 1.35 bits per heavy atom. The number of nitrogens with zero attached hydrogens (tertiary/aromatic N) is 1. The summed E-state index contributed by atoms with van der Waals surface area (Å²) in [4.78, 5) is 2.45. The Morgan fingerprint density at radius 3 is 2.88 bits per heavy atom. The van der Waals surface area contributed by atoms with Crippen molar-refractivity contribution in [2.45, 2.75) is 25.9 Å². The number of rotatable bonds is 4. The molecule has 0 aliphatic carbocycles. The maximum Gasteiger partial charge on any atom is 0.0595 e. The fourth-order valence-corrected chi connectivity index (χ4v) is 2.65. The number of halogens is 2. The van der Waals surface area contributed by atoms with E-state index in [-0.39, 0.29) is 0 Å². The van der Waals surface area contributed by atoms with E-state index in [4.69, 9.17) is 23.2 Å². The average molecular weight is 273 g/mol. The van der Waals surface area contributed by atoms with Crippen LogP contribution in [-0.2, 0) is 6.54 Å². The smallest absolute Gasteiger partial charge is 0.0595 e. The molecule has 1 fully saturated rings. The lowest BCUT2D eigenvalue weighted by atomic mass is 10.2. The Balaban J connectivity index is 1.91. The van der Waals surface area contributed by atoms with Crippen molar-refractivity contribution in [1.29, 1.82) is 0 Å². The minimum atomic E-state index is 0.627. The Labute approximate surface area is 113 Å². The van der Waals surface area contributed by atoms with Crippen LogP contribution in [0.4, 0.5) is 0 Å². The summed E-state index contributed by atoms with van der Waals surface area (Å²) in [6, 6.07) is 6.53. The molecule has 0 spiro atoms. The second kappa shape index (κ2) is 6.05. The lowest BCUT2D eigenvalue weighted by Crippen LogP contribution is -2.32. The topological polar surface area (TPSA) is 15.3 Å². The molecule has 1 aliphatic heterocycles. The van der Waals surface area contributed by atoms with Crippen LogP contribution in [0, 0.1) is 0 Å². The highest BCUT2D eigenvalue weighted by molar-refractivity contribution is 6.42. The summed E-state index contributed by atoms with van der Waals surface area (Å²) in [6.07, 6.45) is 1.23. The van der Waals surface area contributed by atoms with Crippen LogP contribution in [0.25, 0.3) is 0 Å². The van der Waals surface area contributed by atoms with Crippen LogP contribution in [0.1, 0.15) is 18.9 Å². The quantitative estimate of drug-likeness (QED) is 0.906. The SMILES string of the molecule is CCNC1CCN(Cc2ccc(Cl)c(Cl)c2)C1. The van der Waals surface area contributed by atoms with Crippen LogP contribution in [0.5, 0.6) is 0 Å². The first-order valence-electron chi connectivity index (χ1n) is 6.08. The first-order valence-corrected chi connectivity index (χ1v) is 6.84. The summed E-state index contributed by atoms with van der Waals surface area (Å²) in [5, 5.41) is 4.76. The zero-order valence-corrected chi connectivity index (χ0v) is 11.6. The Bertz CT molecular complexity index is 382. The normalized spacial score (nSPS) is 21.0. The third-order valence-corrected chi connectivity index (χ3v) is 3.89. The van der Waals surface area contributed by atoms with Crippen molar-refractivity contribution in [1.82, 2.24) is 10.2 Å². The molecule has 1 heterocycles. The van der Waals surface area contributed by atoms with Crippen LogP contribution in [0.15, 0.2) is 18.2 Å². The first kappa shape index (κ1) is 13.2. The number of hydrogen-bond donors (Lipinski definition) is 1. The second-order valence-corrected chi connectivity index (χ2v) is 5.34. The maximum absolute atomic E-state index is 6.01. The van der Waals surface area contributed by atoms with E-state index >= 15 is 0 Å². The molecule has 1 saturated heterocycles. The van der Waals surface area contributed by atoms with Crippen molar-refractivity contribution in [2.75, 3.05) is 19.6 Å². The fraction of sp³-hybridized carbons (Fsp3) is 0.538. The molecule has 1 aromatic rings. The number of likely N-dealkylation sites (tertiary alicyclic amines) is 1. The molecule has 2 nitrogen and oxygen atoms in total. The summed E-state index contributed by atoms with van der Waals surface area (Å²) < 4.78 is 0. The van der Waals surface area contributed by atoms with Gasteiger partial charge in [-0.2, -0.15) is 0 Å². The summed E-state index contributed by atoms with van der Waals surface area (Å²) in [6.45, 7) is 6.43. The van der Waals surface area contributed by atoms with Crippen LogP contribution in [0.3, 0.4) is 0 Å². The van der Waals surface area contributed by atoms with Crippen molar-refractivity contribution < 1.29 is 0 Å². The molecule has 4 heteroatoms. The third kappa shape index (κ3) is 3.59. The van der Waals surface area contributed by atoms with Gasteiger partial charge in [0.15, 0.2) is 0 Å². The van der Waals surface area contributed by atoms with Gasteiger partial charge in [-0.05, 0) is 30.7 Å². The van der Waals surface area contributed by atoms with E-state index in [0.29, 0.717) is 16.1 Å². The van der Waals surface area contributed by atoms with Crippen LogP contribution < -0.4 is 5.32 Å². The van der Waals surface area contributed by atoms with Gasteiger partial charge in [-0.15, -0.1) is 0 Å². The van der Waals surface area contributed by atoms with Gasteiger partial charge in [0.1, 0.15) is 0 Å². The zero-order chi connectivity index (χ0) is 12.3. The Morgan fingerprint density at radius 2 is 2.18 bits per heavy atom. The van der Waals surface area contributed by atoms with Gasteiger partial charge in [0.25, 0.3) is 0 Å². The van der Waals surface area contributed by atoms with Gasteiger partial charge in [0.05, 0.1) is 10.0 Å². The van der Waals surface area contributed by atoms with Gasteiger partial charge < -0.3 is 5.32 Å². The van der Waals surface area contributed by atoms with Gasteiger partial charge >= 0.3 is 0 Å². The van der Waals surface area contributed by atoms with Gasteiger partial charge in [0.2, 0.25) is 0 Å². The molecule has 1 aliphatic rings. The number of likely N-dealkylation sites (N-methyl/N-ethyl adjacent to an activating group) is 1. The number of nitrogens with one attached hydrogen (secondary N) is 1. The lowest BCUT2D eigenvalue weighted by molar-refractivity contribution is 0.321. The second-order valence-electron chi connectivity index (χ2n) is 4.53. The van der Waals surface area contributed by atoms with Gasteiger partial charge in [-0.3, -0.25) is 4.90 Å². The minimum absolute atomic E-state index is 0.627. The predicted octanol–water partition coefficient (Wildman–Crippen LogP) is 3.18. The van der Waals surface area contributed by atoms with Crippen molar-refractivity contribution in [3.05, 3.63) is 33.8 Å². The van der Waals surface area contributed by atoms with E-state index in [2.05, 4.69) is 23.2 Å². The van der Waals surface area contributed by atoms with Crippen LogP contribution in [-0.4, -0.2) is 30.6 Å². The molecule has 1 atom stereocenters. The zero-order valence-electron chi connectivity index (χ0n) is 10.0. The molecular weight excluding hydrogens is 255 g/mol. The summed E-state index contributed by atoms with van der Waals surface area (Å²) >= 11 is 11.9.